The van der Waals surface area contributed by atoms with Gasteiger partial charge in [-0.3, -0.25) is 0 Å². The smallest absolute Gasteiger partial charge is 0.100 e. The largest absolute Gasteiger partial charge is 0.247 e. The van der Waals surface area contributed by atoms with Gasteiger partial charge >= 0.3 is 0 Å². The molecule has 1 fully saturated rings. The van der Waals surface area contributed by atoms with E-state index in [1.54, 1.807) is 6.92 Å². The standard InChI is InChI=1S/C5H9F/c1-4(6)5-2-3-5/h4-5H,2-3H2,1H3. The fraction of sp³-hybridized carbons (Fsp3) is 1.00. The third-order valence-corrected chi connectivity index (χ3v) is 1.27. The van der Waals surface area contributed by atoms with Crippen LogP contribution in [0.15, 0.2) is 0 Å². The van der Waals surface area contributed by atoms with E-state index in [0.29, 0.717) is 5.92 Å². The summed E-state index contributed by atoms with van der Waals surface area (Å²) in [5.41, 5.74) is 0. The molecule has 0 saturated heterocycles. The Hall–Kier alpha value is -0.0700. The molecule has 0 aromatic rings. The Morgan fingerprint density at radius 1 is 1.67 bits per heavy atom. The molecule has 36 valence electrons. The van der Waals surface area contributed by atoms with Gasteiger partial charge in [-0.2, -0.15) is 0 Å². The van der Waals surface area contributed by atoms with Crippen LogP contribution in [-0.4, -0.2) is 6.17 Å². The van der Waals surface area contributed by atoms with Crippen molar-refractivity contribution in [2.45, 2.75) is 25.9 Å². The molecule has 0 radical (unpaired) electrons. The summed E-state index contributed by atoms with van der Waals surface area (Å²) in [4.78, 5) is 0. The van der Waals surface area contributed by atoms with Gasteiger partial charge in [0, 0.05) is 0 Å². The van der Waals surface area contributed by atoms with E-state index >= 15 is 0 Å². The second-order valence-corrected chi connectivity index (χ2v) is 2.01. The molecular weight excluding hydrogens is 79.1 g/mol. The van der Waals surface area contributed by atoms with Crippen molar-refractivity contribution < 1.29 is 4.39 Å². The van der Waals surface area contributed by atoms with Gasteiger partial charge in [-0.05, 0) is 25.7 Å². The van der Waals surface area contributed by atoms with Crippen LogP contribution in [0.4, 0.5) is 4.39 Å². The van der Waals surface area contributed by atoms with Gasteiger partial charge in [0.2, 0.25) is 0 Å². The maximum atomic E-state index is 11.9. The normalized spacial score (nSPS) is 27.0. The first kappa shape index (κ1) is 4.10. The van der Waals surface area contributed by atoms with E-state index in [9.17, 15) is 4.39 Å². The van der Waals surface area contributed by atoms with Gasteiger partial charge in [0.05, 0.1) is 0 Å². The molecule has 1 atom stereocenters. The fourth-order valence-corrected chi connectivity index (χ4v) is 0.556. The second-order valence-electron chi connectivity index (χ2n) is 2.01. The Balaban J connectivity index is 2.13. The van der Waals surface area contributed by atoms with Crippen molar-refractivity contribution in [2.24, 2.45) is 5.92 Å². The molecule has 0 amide bonds. The van der Waals surface area contributed by atoms with Crippen molar-refractivity contribution >= 4 is 0 Å². The minimum absolute atomic E-state index is 0.435. The van der Waals surface area contributed by atoms with E-state index in [1.165, 1.54) is 0 Å². The number of hydrogen-bond donors (Lipinski definition) is 0. The van der Waals surface area contributed by atoms with E-state index in [-0.39, 0.29) is 0 Å². The Morgan fingerprint density at radius 2 is 2.17 bits per heavy atom. The third-order valence-electron chi connectivity index (χ3n) is 1.27. The highest BCUT2D eigenvalue weighted by molar-refractivity contribution is 4.77. The first-order valence-corrected chi connectivity index (χ1v) is 2.45. The highest BCUT2D eigenvalue weighted by atomic mass is 19.1. The molecule has 0 aromatic carbocycles. The summed E-state index contributed by atoms with van der Waals surface area (Å²) >= 11 is 0. The van der Waals surface area contributed by atoms with Gasteiger partial charge in [0.1, 0.15) is 6.17 Å². The van der Waals surface area contributed by atoms with E-state index < -0.39 is 6.17 Å². The lowest BCUT2D eigenvalue weighted by molar-refractivity contribution is 0.324. The molecule has 0 spiro atoms. The number of alkyl halides is 1. The van der Waals surface area contributed by atoms with Crippen molar-refractivity contribution in [1.29, 1.82) is 0 Å². The van der Waals surface area contributed by atoms with Crippen LogP contribution in [0.1, 0.15) is 19.8 Å². The molecule has 1 saturated carbocycles. The lowest BCUT2D eigenvalue weighted by atomic mass is 10.3. The zero-order valence-corrected chi connectivity index (χ0v) is 3.95. The topological polar surface area (TPSA) is 0 Å². The van der Waals surface area contributed by atoms with E-state index in [1.807, 2.05) is 0 Å². The first-order valence-electron chi connectivity index (χ1n) is 2.45. The highest BCUT2D eigenvalue weighted by Gasteiger charge is 2.27. The van der Waals surface area contributed by atoms with Gasteiger partial charge in [-0.15, -0.1) is 0 Å². The number of halogens is 1. The Labute approximate surface area is 37.4 Å². The fourth-order valence-electron chi connectivity index (χ4n) is 0.556. The molecule has 0 N–H and O–H groups in total. The van der Waals surface area contributed by atoms with E-state index in [2.05, 4.69) is 0 Å². The molecule has 1 rings (SSSR count). The second kappa shape index (κ2) is 1.21. The highest BCUT2D eigenvalue weighted by Crippen LogP contribution is 2.33. The number of hydrogen-bond acceptors (Lipinski definition) is 0. The summed E-state index contributed by atoms with van der Waals surface area (Å²) in [7, 11) is 0. The molecule has 6 heavy (non-hydrogen) atoms. The lowest BCUT2D eigenvalue weighted by Crippen LogP contribution is -1.91. The van der Waals surface area contributed by atoms with Gasteiger partial charge in [-0.25, -0.2) is 4.39 Å². The average Bonchev–Trinajstić information content (AvgIpc) is 2.06. The molecule has 1 aliphatic carbocycles. The Bertz CT molecular complexity index is 45.9. The lowest BCUT2D eigenvalue weighted by Gasteiger charge is -1.89. The van der Waals surface area contributed by atoms with Gasteiger partial charge in [-0.1, -0.05) is 0 Å². The maximum absolute atomic E-state index is 11.9. The Kier molecular flexibility index (Phi) is 0.827. The van der Waals surface area contributed by atoms with Crippen LogP contribution in [0.5, 0.6) is 0 Å². The molecular formula is C5H9F. The predicted molar refractivity (Wildman–Crippen MR) is 23.3 cm³/mol. The van der Waals surface area contributed by atoms with Crippen molar-refractivity contribution in [3.63, 3.8) is 0 Å². The van der Waals surface area contributed by atoms with Crippen molar-refractivity contribution in [3.8, 4) is 0 Å². The van der Waals surface area contributed by atoms with Crippen LogP contribution in [0.25, 0.3) is 0 Å². The van der Waals surface area contributed by atoms with E-state index in [0.717, 1.165) is 12.8 Å². The first-order chi connectivity index (χ1) is 2.80. The van der Waals surface area contributed by atoms with Gasteiger partial charge in [0.25, 0.3) is 0 Å². The molecule has 0 aromatic heterocycles. The molecule has 1 aliphatic rings. The quantitative estimate of drug-likeness (QED) is 0.458. The van der Waals surface area contributed by atoms with Crippen LogP contribution in [0.3, 0.4) is 0 Å². The Morgan fingerprint density at radius 3 is 2.17 bits per heavy atom. The summed E-state index contributed by atoms with van der Waals surface area (Å²) in [5.74, 6) is 0.435. The van der Waals surface area contributed by atoms with E-state index in [4.69, 9.17) is 0 Å². The molecule has 0 heterocycles. The van der Waals surface area contributed by atoms with Crippen LogP contribution in [0, 0.1) is 5.92 Å². The summed E-state index contributed by atoms with van der Waals surface area (Å²) in [5, 5.41) is 0. The molecule has 1 unspecified atom stereocenters. The summed E-state index contributed by atoms with van der Waals surface area (Å²) in [6, 6.07) is 0. The van der Waals surface area contributed by atoms with Crippen LogP contribution >= 0.6 is 0 Å². The van der Waals surface area contributed by atoms with Crippen molar-refractivity contribution in [1.82, 2.24) is 0 Å². The number of rotatable bonds is 1. The van der Waals surface area contributed by atoms with Gasteiger partial charge < -0.3 is 0 Å². The van der Waals surface area contributed by atoms with Crippen LogP contribution in [-0.2, 0) is 0 Å². The SMILES string of the molecule is CC(F)C1CC1. The summed E-state index contributed by atoms with van der Waals surface area (Å²) < 4.78 is 11.9. The monoisotopic (exact) mass is 88.1 g/mol. The zero-order chi connectivity index (χ0) is 4.57. The molecule has 0 bridgehead atoms. The van der Waals surface area contributed by atoms with Crippen LogP contribution in [0.2, 0.25) is 0 Å². The van der Waals surface area contributed by atoms with Crippen molar-refractivity contribution in [2.75, 3.05) is 0 Å². The summed E-state index contributed by atoms with van der Waals surface area (Å²) in [6.07, 6.45) is 1.71. The third kappa shape index (κ3) is 0.703. The molecule has 0 nitrogen and oxygen atoms in total. The summed E-state index contributed by atoms with van der Waals surface area (Å²) in [6.45, 7) is 1.64. The average molecular weight is 88.1 g/mol. The predicted octanol–water partition coefficient (Wildman–Crippen LogP) is 1.75. The zero-order valence-electron chi connectivity index (χ0n) is 3.95. The maximum Gasteiger partial charge on any atom is 0.100 e. The molecule has 0 aliphatic heterocycles. The van der Waals surface area contributed by atoms with Gasteiger partial charge in [0.15, 0.2) is 0 Å². The van der Waals surface area contributed by atoms with Crippen LogP contribution < -0.4 is 0 Å². The van der Waals surface area contributed by atoms with Crippen molar-refractivity contribution in [3.05, 3.63) is 0 Å². The minimum atomic E-state index is -0.537. The molecule has 1 heteroatoms. The minimum Gasteiger partial charge on any atom is -0.247 e.